The molecule has 0 aromatic heterocycles. The van der Waals surface area contributed by atoms with E-state index in [1.165, 1.54) is 7.11 Å². The van der Waals surface area contributed by atoms with Gasteiger partial charge < -0.3 is 15.8 Å². The molecule has 0 atom stereocenters. The fraction of sp³-hybridized carbons (Fsp3) is 0.364. The first-order valence-electron chi connectivity index (χ1n) is 4.79. The number of nitrogen functional groups attached to an aromatic ring is 1. The molecule has 15 heavy (non-hydrogen) atoms. The van der Waals surface area contributed by atoms with Crippen molar-refractivity contribution < 1.29 is 9.53 Å². The zero-order valence-corrected chi connectivity index (χ0v) is 9.20. The van der Waals surface area contributed by atoms with Gasteiger partial charge in [-0.25, -0.2) is 4.79 Å². The van der Waals surface area contributed by atoms with Crippen molar-refractivity contribution >= 4 is 17.3 Å². The van der Waals surface area contributed by atoms with Crippen molar-refractivity contribution in [2.75, 3.05) is 18.2 Å². The maximum Gasteiger partial charge on any atom is 0.337 e. The second-order valence-electron chi connectivity index (χ2n) is 3.59. The zero-order valence-electron chi connectivity index (χ0n) is 9.20. The number of nitrogens with one attached hydrogen (secondary N) is 1. The molecule has 0 aliphatic heterocycles. The van der Waals surface area contributed by atoms with E-state index in [1.807, 2.05) is 13.8 Å². The second kappa shape index (κ2) is 4.68. The van der Waals surface area contributed by atoms with Crippen LogP contribution in [0.4, 0.5) is 11.4 Å². The van der Waals surface area contributed by atoms with E-state index in [0.29, 0.717) is 17.3 Å². The van der Waals surface area contributed by atoms with E-state index >= 15 is 0 Å². The molecule has 0 spiro atoms. The SMILES string of the molecule is COC(=O)c1ccc(NC(C)C)c(N)c1. The summed E-state index contributed by atoms with van der Waals surface area (Å²) < 4.78 is 4.60. The Morgan fingerprint density at radius 2 is 2.13 bits per heavy atom. The molecule has 0 aliphatic carbocycles. The van der Waals surface area contributed by atoms with E-state index < -0.39 is 0 Å². The molecule has 0 fully saturated rings. The summed E-state index contributed by atoms with van der Waals surface area (Å²) in [6.45, 7) is 4.04. The molecule has 0 amide bonds. The molecule has 0 bridgehead atoms. The monoisotopic (exact) mass is 208 g/mol. The number of benzene rings is 1. The minimum Gasteiger partial charge on any atom is -0.465 e. The molecule has 3 N–H and O–H groups in total. The third-order valence-corrected chi connectivity index (χ3v) is 1.92. The first kappa shape index (κ1) is 11.4. The van der Waals surface area contributed by atoms with E-state index in [0.717, 1.165) is 5.69 Å². The van der Waals surface area contributed by atoms with Crippen LogP contribution in [0.1, 0.15) is 24.2 Å². The third kappa shape index (κ3) is 2.87. The predicted molar refractivity (Wildman–Crippen MR) is 61.0 cm³/mol. The normalized spacial score (nSPS) is 10.1. The minimum atomic E-state index is -0.377. The molecule has 82 valence electrons. The summed E-state index contributed by atoms with van der Waals surface area (Å²) in [7, 11) is 1.35. The fourth-order valence-electron chi connectivity index (χ4n) is 1.25. The zero-order chi connectivity index (χ0) is 11.4. The van der Waals surface area contributed by atoms with Gasteiger partial charge in [-0.3, -0.25) is 0 Å². The van der Waals surface area contributed by atoms with Gasteiger partial charge >= 0.3 is 5.97 Å². The lowest BCUT2D eigenvalue weighted by molar-refractivity contribution is 0.0601. The Morgan fingerprint density at radius 3 is 2.60 bits per heavy atom. The smallest absolute Gasteiger partial charge is 0.337 e. The van der Waals surface area contributed by atoms with Crippen LogP contribution in [0.3, 0.4) is 0 Å². The number of nitrogens with two attached hydrogens (primary N) is 1. The molecule has 0 aliphatic rings. The standard InChI is InChI=1S/C11H16N2O2/c1-7(2)13-10-5-4-8(6-9(10)12)11(14)15-3/h4-7,13H,12H2,1-3H3. The van der Waals surface area contributed by atoms with Crippen LogP contribution in [-0.2, 0) is 4.74 Å². The highest BCUT2D eigenvalue weighted by atomic mass is 16.5. The molecule has 0 radical (unpaired) electrons. The summed E-state index contributed by atoms with van der Waals surface area (Å²) in [5, 5.41) is 3.18. The van der Waals surface area contributed by atoms with Gasteiger partial charge in [0.1, 0.15) is 0 Å². The average molecular weight is 208 g/mol. The molecular formula is C11H16N2O2. The van der Waals surface area contributed by atoms with Gasteiger partial charge in [-0.05, 0) is 32.0 Å². The summed E-state index contributed by atoms with van der Waals surface area (Å²) >= 11 is 0. The number of ether oxygens (including phenoxy) is 1. The lowest BCUT2D eigenvalue weighted by Gasteiger charge is -2.12. The van der Waals surface area contributed by atoms with Crippen molar-refractivity contribution in [3.8, 4) is 0 Å². The molecule has 0 unspecified atom stereocenters. The largest absolute Gasteiger partial charge is 0.465 e. The van der Waals surface area contributed by atoms with Crippen molar-refractivity contribution in [3.05, 3.63) is 23.8 Å². The molecule has 0 heterocycles. The van der Waals surface area contributed by atoms with Crippen molar-refractivity contribution in [1.29, 1.82) is 0 Å². The van der Waals surface area contributed by atoms with E-state index in [4.69, 9.17) is 5.73 Å². The third-order valence-electron chi connectivity index (χ3n) is 1.92. The fourth-order valence-corrected chi connectivity index (χ4v) is 1.25. The summed E-state index contributed by atoms with van der Waals surface area (Å²) in [4.78, 5) is 11.2. The Morgan fingerprint density at radius 1 is 1.47 bits per heavy atom. The average Bonchev–Trinajstić information content (AvgIpc) is 2.19. The summed E-state index contributed by atoms with van der Waals surface area (Å²) in [5.41, 5.74) is 7.63. The Labute approximate surface area is 89.4 Å². The molecular weight excluding hydrogens is 192 g/mol. The lowest BCUT2D eigenvalue weighted by Crippen LogP contribution is -2.12. The maximum atomic E-state index is 11.2. The minimum absolute atomic E-state index is 0.302. The molecule has 0 saturated carbocycles. The number of esters is 1. The molecule has 1 rings (SSSR count). The van der Waals surface area contributed by atoms with E-state index in [-0.39, 0.29) is 5.97 Å². The number of methoxy groups -OCH3 is 1. The quantitative estimate of drug-likeness (QED) is 0.588. The van der Waals surface area contributed by atoms with Gasteiger partial charge in [-0.2, -0.15) is 0 Å². The number of rotatable bonds is 3. The van der Waals surface area contributed by atoms with Crippen LogP contribution < -0.4 is 11.1 Å². The maximum absolute atomic E-state index is 11.2. The van der Waals surface area contributed by atoms with Gasteiger partial charge in [0.25, 0.3) is 0 Å². The molecule has 0 saturated heterocycles. The summed E-state index contributed by atoms with van der Waals surface area (Å²) in [5.74, 6) is -0.377. The molecule has 1 aromatic carbocycles. The van der Waals surface area contributed by atoms with Crippen LogP contribution >= 0.6 is 0 Å². The first-order chi connectivity index (χ1) is 7.04. The van der Waals surface area contributed by atoms with Gasteiger partial charge in [0, 0.05) is 6.04 Å². The van der Waals surface area contributed by atoms with Crippen molar-refractivity contribution in [2.24, 2.45) is 0 Å². The number of hydrogen-bond acceptors (Lipinski definition) is 4. The Bertz CT molecular complexity index is 362. The van der Waals surface area contributed by atoms with E-state index in [2.05, 4.69) is 10.1 Å². The van der Waals surface area contributed by atoms with Crippen LogP contribution in [-0.4, -0.2) is 19.1 Å². The van der Waals surface area contributed by atoms with Crippen LogP contribution in [0.25, 0.3) is 0 Å². The Balaban J connectivity index is 2.93. The number of anilines is 2. The van der Waals surface area contributed by atoms with Crippen LogP contribution in [0.15, 0.2) is 18.2 Å². The van der Waals surface area contributed by atoms with Crippen molar-refractivity contribution in [2.45, 2.75) is 19.9 Å². The summed E-state index contributed by atoms with van der Waals surface area (Å²) in [6.07, 6.45) is 0. The summed E-state index contributed by atoms with van der Waals surface area (Å²) in [6, 6.07) is 5.38. The second-order valence-corrected chi connectivity index (χ2v) is 3.59. The van der Waals surface area contributed by atoms with Crippen molar-refractivity contribution in [1.82, 2.24) is 0 Å². The Hall–Kier alpha value is -1.71. The first-order valence-corrected chi connectivity index (χ1v) is 4.79. The van der Waals surface area contributed by atoms with Gasteiger partial charge in [0.2, 0.25) is 0 Å². The molecule has 4 nitrogen and oxygen atoms in total. The van der Waals surface area contributed by atoms with Gasteiger partial charge in [0.05, 0.1) is 24.0 Å². The number of carbonyl (C=O) groups is 1. The highest BCUT2D eigenvalue weighted by Crippen LogP contribution is 2.20. The molecule has 1 aromatic rings. The highest BCUT2D eigenvalue weighted by molar-refractivity contribution is 5.91. The van der Waals surface area contributed by atoms with Gasteiger partial charge in [-0.1, -0.05) is 0 Å². The Kier molecular flexibility index (Phi) is 3.55. The van der Waals surface area contributed by atoms with Crippen molar-refractivity contribution in [3.63, 3.8) is 0 Å². The topological polar surface area (TPSA) is 64.3 Å². The van der Waals surface area contributed by atoms with E-state index in [9.17, 15) is 4.79 Å². The lowest BCUT2D eigenvalue weighted by atomic mass is 10.1. The number of hydrogen-bond donors (Lipinski definition) is 2. The van der Waals surface area contributed by atoms with E-state index in [1.54, 1.807) is 18.2 Å². The predicted octanol–water partition coefficient (Wildman–Crippen LogP) is 1.88. The van der Waals surface area contributed by atoms with Gasteiger partial charge in [0.15, 0.2) is 0 Å². The number of carbonyl (C=O) groups excluding carboxylic acids is 1. The van der Waals surface area contributed by atoms with Gasteiger partial charge in [-0.15, -0.1) is 0 Å². The van der Waals surface area contributed by atoms with Crippen LogP contribution in [0.5, 0.6) is 0 Å². The van der Waals surface area contributed by atoms with Crippen LogP contribution in [0, 0.1) is 0 Å². The van der Waals surface area contributed by atoms with Crippen LogP contribution in [0.2, 0.25) is 0 Å². The molecule has 4 heteroatoms. The highest BCUT2D eigenvalue weighted by Gasteiger charge is 2.08.